The first-order valence-electron chi connectivity index (χ1n) is 4.50. The van der Waals surface area contributed by atoms with Gasteiger partial charge in [-0.25, -0.2) is 9.79 Å². The van der Waals surface area contributed by atoms with Gasteiger partial charge in [-0.3, -0.25) is 0 Å². The molecule has 0 spiro atoms. The lowest BCUT2D eigenvalue weighted by Crippen LogP contribution is -1.99. The van der Waals surface area contributed by atoms with Crippen molar-refractivity contribution in [3.8, 4) is 0 Å². The lowest BCUT2D eigenvalue weighted by atomic mass is 10.2. The Morgan fingerprint density at radius 2 is 2.00 bits per heavy atom. The minimum absolute atomic E-state index is 0.317. The molecule has 4 heteroatoms. The highest BCUT2D eigenvalue weighted by molar-refractivity contribution is 6.06. The van der Waals surface area contributed by atoms with Crippen LogP contribution >= 0.6 is 0 Å². The van der Waals surface area contributed by atoms with Crippen molar-refractivity contribution in [3.05, 3.63) is 35.5 Å². The molecule has 2 N–H and O–H groups in total. The van der Waals surface area contributed by atoms with Crippen molar-refractivity contribution >= 4 is 23.6 Å². The Morgan fingerprint density at radius 3 is 2.53 bits per heavy atom. The van der Waals surface area contributed by atoms with Crippen LogP contribution in [-0.4, -0.2) is 11.9 Å². The third-order valence-electron chi connectivity index (χ3n) is 1.97. The summed E-state index contributed by atoms with van der Waals surface area (Å²) in [6.07, 6.45) is 1.66. The largest absolute Gasteiger partial charge is 0.407 e. The third-order valence-corrected chi connectivity index (χ3v) is 1.97. The highest BCUT2D eigenvalue weighted by Crippen LogP contribution is 2.15. The van der Waals surface area contributed by atoms with Crippen molar-refractivity contribution in [1.29, 1.82) is 0 Å². The molecule has 0 amide bonds. The number of esters is 1. The van der Waals surface area contributed by atoms with E-state index in [1.54, 1.807) is 25.1 Å². The van der Waals surface area contributed by atoms with Crippen LogP contribution in [0.25, 0.3) is 6.08 Å². The van der Waals surface area contributed by atoms with Gasteiger partial charge in [-0.1, -0.05) is 12.1 Å². The van der Waals surface area contributed by atoms with Crippen molar-refractivity contribution < 1.29 is 9.53 Å². The minimum atomic E-state index is -0.413. The topological polar surface area (TPSA) is 64.7 Å². The Labute approximate surface area is 87.1 Å². The predicted octanol–water partition coefficient (Wildman–Crippen LogP) is 1.58. The molecule has 1 heterocycles. The molecule has 1 aliphatic heterocycles. The first-order chi connectivity index (χ1) is 7.15. The van der Waals surface area contributed by atoms with Crippen LogP contribution < -0.4 is 5.73 Å². The van der Waals surface area contributed by atoms with Gasteiger partial charge in [0.25, 0.3) is 0 Å². The molecule has 0 saturated carbocycles. The maximum atomic E-state index is 11.2. The molecule has 1 aliphatic rings. The smallest absolute Gasteiger partial charge is 0.363 e. The van der Waals surface area contributed by atoms with E-state index in [4.69, 9.17) is 10.5 Å². The van der Waals surface area contributed by atoms with Crippen LogP contribution in [0.2, 0.25) is 0 Å². The van der Waals surface area contributed by atoms with Gasteiger partial charge in [0, 0.05) is 12.6 Å². The van der Waals surface area contributed by atoms with Gasteiger partial charge < -0.3 is 10.5 Å². The van der Waals surface area contributed by atoms with E-state index in [1.165, 1.54) is 0 Å². The average Bonchev–Trinajstić information content (AvgIpc) is 2.49. The van der Waals surface area contributed by atoms with Gasteiger partial charge in [0.1, 0.15) is 0 Å². The van der Waals surface area contributed by atoms with E-state index in [0.717, 1.165) is 5.56 Å². The zero-order valence-electron chi connectivity index (χ0n) is 8.23. The molecule has 76 valence electrons. The summed E-state index contributed by atoms with van der Waals surface area (Å²) in [4.78, 5) is 15.2. The molecule has 15 heavy (non-hydrogen) atoms. The summed E-state index contributed by atoms with van der Waals surface area (Å²) in [5, 5.41) is 0. The Hall–Kier alpha value is -2.10. The fourth-order valence-corrected chi connectivity index (χ4v) is 1.27. The highest BCUT2D eigenvalue weighted by atomic mass is 16.6. The molecule has 0 unspecified atom stereocenters. The van der Waals surface area contributed by atoms with Crippen molar-refractivity contribution in [1.82, 2.24) is 0 Å². The standard InChI is InChI=1S/C11H10N2O2/c1-7-13-10(11(14)15-7)6-8-2-4-9(12)5-3-8/h2-6H,12H2,1H3. The SMILES string of the molecule is CC1=NC(=Cc2ccc(N)cc2)C(=O)O1. The van der Waals surface area contributed by atoms with E-state index >= 15 is 0 Å². The van der Waals surface area contributed by atoms with E-state index < -0.39 is 5.97 Å². The van der Waals surface area contributed by atoms with Gasteiger partial charge >= 0.3 is 5.97 Å². The zero-order chi connectivity index (χ0) is 10.8. The van der Waals surface area contributed by atoms with E-state index in [-0.39, 0.29) is 0 Å². The third kappa shape index (κ3) is 2.04. The van der Waals surface area contributed by atoms with Gasteiger partial charge in [-0.2, -0.15) is 0 Å². The molecule has 0 atom stereocenters. The summed E-state index contributed by atoms with van der Waals surface area (Å²) in [7, 11) is 0. The molecule has 1 aromatic rings. The number of aliphatic imine (C=N–C) groups is 1. The molecular weight excluding hydrogens is 192 g/mol. The van der Waals surface area contributed by atoms with Crippen LogP contribution in [0.3, 0.4) is 0 Å². The maximum Gasteiger partial charge on any atom is 0.363 e. The Bertz CT molecular complexity index is 458. The van der Waals surface area contributed by atoms with E-state index in [9.17, 15) is 4.79 Å². The normalized spacial score (nSPS) is 17.8. The number of nitrogens with two attached hydrogens (primary N) is 1. The first kappa shape index (κ1) is 9.45. The number of nitrogen functional groups attached to an aromatic ring is 1. The number of benzene rings is 1. The maximum absolute atomic E-state index is 11.2. The fraction of sp³-hybridized carbons (Fsp3) is 0.0909. The number of hydrogen-bond donors (Lipinski definition) is 1. The number of rotatable bonds is 1. The monoisotopic (exact) mass is 202 g/mol. The Morgan fingerprint density at radius 1 is 1.33 bits per heavy atom. The van der Waals surface area contributed by atoms with Crippen molar-refractivity contribution in [2.24, 2.45) is 4.99 Å². The summed E-state index contributed by atoms with van der Waals surface area (Å²) < 4.78 is 4.79. The number of nitrogens with zero attached hydrogens (tertiary/aromatic N) is 1. The lowest BCUT2D eigenvalue weighted by molar-refractivity contribution is -0.130. The Balaban J connectivity index is 2.31. The van der Waals surface area contributed by atoms with Crippen molar-refractivity contribution in [2.75, 3.05) is 5.73 Å². The van der Waals surface area contributed by atoms with Gasteiger partial charge in [0.15, 0.2) is 11.6 Å². The summed E-state index contributed by atoms with van der Waals surface area (Å²) in [6, 6.07) is 7.17. The first-order valence-corrected chi connectivity index (χ1v) is 4.50. The number of anilines is 1. The molecular formula is C11H10N2O2. The number of ether oxygens (including phenoxy) is 1. The van der Waals surface area contributed by atoms with E-state index in [0.29, 0.717) is 17.3 Å². The molecule has 2 rings (SSSR count). The molecule has 0 aliphatic carbocycles. The highest BCUT2D eigenvalue weighted by Gasteiger charge is 2.19. The predicted molar refractivity (Wildman–Crippen MR) is 58.0 cm³/mol. The number of carbonyl (C=O) groups is 1. The molecule has 0 saturated heterocycles. The quantitative estimate of drug-likeness (QED) is 0.427. The molecule has 0 radical (unpaired) electrons. The summed E-state index contributed by atoms with van der Waals surface area (Å²) in [6.45, 7) is 1.64. The van der Waals surface area contributed by atoms with Crippen LogP contribution in [0.15, 0.2) is 35.0 Å². The number of cyclic esters (lactones) is 1. The van der Waals surface area contributed by atoms with Crippen molar-refractivity contribution in [2.45, 2.75) is 6.92 Å². The zero-order valence-corrected chi connectivity index (χ0v) is 8.23. The van der Waals surface area contributed by atoms with E-state index in [2.05, 4.69) is 4.99 Å². The second-order valence-corrected chi connectivity index (χ2v) is 3.22. The molecule has 4 nitrogen and oxygen atoms in total. The van der Waals surface area contributed by atoms with Gasteiger partial charge in [-0.15, -0.1) is 0 Å². The molecule has 1 aromatic carbocycles. The minimum Gasteiger partial charge on any atom is -0.407 e. The van der Waals surface area contributed by atoms with Crippen LogP contribution in [0.1, 0.15) is 12.5 Å². The summed E-state index contributed by atoms with van der Waals surface area (Å²) >= 11 is 0. The number of hydrogen-bond acceptors (Lipinski definition) is 4. The van der Waals surface area contributed by atoms with Crippen LogP contribution in [0.5, 0.6) is 0 Å². The molecule has 0 fully saturated rings. The van der Waals surface area contributed by atoms with Crippen molar-refractivity contribution in [3.63, 3.8) is 0 Å². The van der Waals surface area contributed by atoms with Gasteiger partial charge in [-0.05, 0) is 23.8 Å². The van der Waals surface area contributed by atoms with Crippen LogP contribution in [0.4, 0.5) is 5.69 Å². The Kier molecular flexibility index (Phi) is 2.25. The average molecular weight is 202 g/mol. The molecule has 0 aromatic heterocycles. The summed E-state index contributed by atoms with van der Waals surface area (Å²) in [5.74, 6) is -0.0361. The van der Waals surface area contributed by atoms with Crippen LogP contribution in [-0.2, 0) is 9.53 Å². The second kappa shape index (κ2) is 3.57. The summed E-state index contributed by atoms with van der Waals surface area (Å²) in [5.41, 5.74) is 7.42. The molecule has 0 bridgehead atoms. The van der Waals surface area contributed by atoms with Gasteiger partial charge in [0.05, 0.1) is 0 Å². The number of carbonyl (C=O) groups excluding carboxylic acids is 1. The van der Waals surface area contributed by atoms with E-state index in [1.807, 2.05) is 12.1 Å². The second-order valence-electron chi connectivity index (χ2n) is 3.22. The van der Waals surface area contributed by atoms with Gasteiger partial charge in [0.2, 0.25) is 0 Å². The lowest BCUT2D eigenvalue weighted by Gasteiger charge is -1.95. The fourth-order valence-electron chi connectivity index (χ4n) is 1.27. The van der Waals surface area contributed by atoms with Crippen LogP contribution in [0, 0.1) is 0 Å².